The number of phenols is 1. The van der Waals surface area contributed by atoms with Crippen LogP contribution >= 0.6 is 0 Å². The summed E-state index contributed by atoms with van der Waals surface area (Å²) in [5.41, 5.74) is 1.93. The first-order valence-corrected chi connectivity index (χ1v) is 12.9. The number of benzene rings is 2. The SMILES string of the molecule is Cc1cc(OCC(C)C)ccc1C(O)=C1C(=O)C(=O)N(CCCN2CCOCC2)[C@H]1c1ccc(O)cc1. The number of carbonyl (C=O) groups excluding carboxylic acids is 2. The molecule has 2 aromatic carbocycles. The van der Waals surface area contributed by atoms with Gasteiger partial charge in [-0.05, 0) is 60.7 Å². The van der Waals surface area contributed by atoms with Crippen molar-refractivity contribution in [2.75, 3.05) is 46.0 Å². The van der Waals surface area contributed by atoms with Crippen molar-refractivity contribution in [3.8, 4) is 11.5 Å². The van der Waals surface area contributed by atoms with Gasteiger partial charge in [0.2, 0.25) is 0 Å². The molecule has 0 saturated carbocycles. The van der Waals surface area contributed by atoms with Gasteiger partial charge < -0.3 is 24.6 Å². The summed E-state index contributed by atoms with van der Waals surface area (Å²) in [6, 6.07) is 11.0. The molecule has 0 unspecified atom stereocenters. The number of hydrogen-bond donors (Lipinski definition) is 2. The lowest BCUT2D eigenvalue weighted by atomic mass is 9.93. The van der Waals surface area contributed by atoms with Gasteiger partial charge in [0.25, 0.3) is 11.7 Å². The first-order chi connectivity index (χ1) is 17.8. The summed E-state index contributed by atoms with van der Waals surface area (Å²) >= 11 is 0. The third kappa shape index (κ3) is 6.14. The topological polar surface area (TPSA) is 99.5 Å². The molecule has 2 aliphatic heterocycles. The van der Waals surface area contributed by atoms with Crippen LogP contribution in [0, 0.1) is 12.8 Å². The van der Waals surface area contributed by atoms with Crippen LogP contribution in [0.4, 0.5) is 0 Å². The van der Waals surface area contributed by atoms with Crippen LogP contribution < -0.4 is 4.74 Å². The standard InChI is InChI=1S/C29H36N2O6/c1-19(2)18-37-23-9-10-24(20(3)17-23)27(33)25-26(21-5-7-22(32)8-6-21)31(29(35)28(25)34)12-4-11-30-13-15-36-16-14-30/h5-10,17,19,26,32-33H,4,11-16,18H2,1-3H3/t26-/m0/s1. The zero-order chi connectivity index (χ0) is 26.5. The fourth-order valence-corrected chi connectivity index (χ4v) is 4.80. The van der Waals surface area contributed by atoms with Gasteiger partial charge in [-0.3, -0.25) is 14.5 Å². The molecule has 2 N–H and O–H groups in total. The molecule has 0 aromatic heterocycles. The zero-order valence-corrected chi connectivity index (χ0v) is 21.8. The molecule has 0 spiro atoms. The van der Waals surface area contributed by atoms with E-state index in [1.807, 2.05) is 13.0 Å². The van der Waals surface area contributed by atoms with E-state index >= 15 is 0 Å². The van der Waals surface area contributed by atoms with Gasteiger partial charge in [-0.2, -0.15) is 0 Å². The Morgan fingerprint density at radius 1 is 1.08 bits per heavy atom. The molecule has 198 valence electrons. The number of Topliss-reactive ketones (excluding diaryl/α,β-unsaturated/α-hetero) is 1. The molecule has 0 aliphatic carbocycles. The maximum atomic E-state index is 13.3. The lowest BCUT2D eigenvalue weighted by Gasteiger charge is -2.29. The Balaban J connectivity index is 1.65. The van der Waals surface area contributed by atoms with Crippen molar-refractivity contribution < 1.29 is 29.3 Å². The Hall–Kier alpha value is -3.36. The summed E-state index contributed by atoms with van der Waals surface area (Å²) in [7, 11) is 0. The van der Waals surface area contributed by atoms with E-state index in [-0.39, 0.29) is 17.1 Å². The third-order valence-electron chi connectivity index (χ3n) is 6.76. The quantitative estimate of drug-likeness (QED) is 0.301. The highest BCUT2D eigenvalue weighted by molar-refractivity contribution is 6.46. The summed E-state index contributed by atoms with van der Waals surface area (Å²) in [5.74, 6) is -0.405. The number of ether oxygens (including phenoxy) is 2. The van der Waals surface area contributed by atoms with Gasteiger partial charge in [0.1, 0.15) is 17.3 Å². The molecular formula is C29H36N2O6. The molecule has 2 heterocycles. The molecule has 2 saturated heterocycles. The number of hydrogen-bond acceptors (Lipinski definition) is 7. The van der Waals surface area contributed by atoms with E-state index in [4.69, 9.17) is 9.47 Å². The minimum atomic E-state index is -0.749. The number of ketones is 1. The second-order valence-corrected chi connectivity index (χ2v) is 10.1. The van der Waals surface area contributed by atoms with Crippen molar-refractivity contribution >= 4 is 17.4 Å². The van der Waals surface area contributed by atoms with E-state index in [1.165, 1.54) is 17.0 Å². The number of nitrogens with zero attached hydrogens (tertiary/aromatic N) is 2. The summed E-state index contributed by atoms with van der Waals surface area (Å²) in [6.45, 7) is 10.8. The number of aliphatic hydroxyl groups is 1. The normalized spacial score (nSPS) is 20.1. The van der Waals surface area contributed by atoms with Crippen LogP contribution in [0.3, 0.4) is 0 Å². The highest BCUT2D eigenvalue weighted by atomic mass is 16.5. The molecule has 2 aliphatic rings. The smallest absolute Gasteiger partial charge is 0.295 e. The Labute approximate surface area is 218 Å². The van der Waals surface area contributed by atoms with Crippen LogP contribution in [0.15, 0.2) is 48.0 Å². The molecule has 1 atom stereocenters. The van der Waals surface area contributed by atoms with Gasteiger partial charge >= 0.3 is 0 Å². The molecule has 2 aromatic rings. The molecule has 2 fully saturated rings. The van der Waals surface area contributed by atoms with Crippen LogP contribution in [0.1, 0.15) is 43.0 Å². The largest absolute Gasteiger partial charge is 0.508 e. The Kier molecular flexibility index (Phi) is 8.51. The fourth-order valence-electron chi connectivity index (χ4n) is 4.80. The van der Waals surface area contributed by atoms with Crippen LogP contribution in [-0.4, -0.2) is 77.7 Å². The Morgan fingerprint density at radius 2 is 1.78 bits per heavy atom. The molecule has 0 radical (unpaired) electrons. The summed E-state index contributed by atoms with van der Waals surface area (Å²) in [4.78, 5) is 30.3. The highest BCUT2D eigenvalue weighted by Gasteiger charge is 2.46. The van der Waals surface area contributed by atoms with E-state index in [0.29, 0.717) is 55.6 Å². The average Bonchev–Trinajstić information content (AvgIpc) is 3.13. The van der Waals surface area contributed by atoms with Gasteiger partial charge in [0.15, 0.2) is 0 Å². The van der Waals surface area contributed by atoms with Crippen LogP contribution in [-0.2, 0) is 14.3 Å². The lowest BCUT2D eigenvalue weighted by molar-refractivity contribution is -0.140. The van der Waals surface area contributed by atoms with Crippen molar-refractivity contribution in [1.82, 2.24) is 9.80 Å². The third-order valence-corrected chi connectivity index (χ3v) is 6.76. The van der Waals surface area contributed by atoms with Gasteiger partial charge in [-0.1, -0.05) is 26.0 Å². The Morgan fingerprint density at radius 3 is 2.43 bits per heavy atom. The van der Waals surface area contributed by atoms with Crippen molar-refractivity contribution in [2.45, 2.75) is 33.2 Å². The Bertz CT molecular complexity index is 1150. The molecule has 8 nitrogen and oxygen atoms in total. The molecule has 1 amide bonds. The number of phenolic OH excluding ortho intramolecular Hbond substituents is 1. The van der Waals surface area contributed by atoms with Crippen LogP contribution in [0.5, 0.6) is 11.5 Å². The molecule has 8 heteroatoms. The fraction of sp³-hybridized carbons (Fsp3) is 0.448. The van der Waals surface area contributed by atoms with E-state index in [9.17, 15) is 19.8 Å². The molecule has 0 bridgehead atoms. The van der Waals surface area contributed by atoms with Gasteiger partial charge in [0.05, 0.1) is 31.4 Å². The average molecular weight is 509 g/mol. The second kappa shape index (κ2) is 11.8. The number of rotatable bonds is 9. The van der Waals surface area contributed by atoms with Crippen molar-refractivity contribution in [2.24, 2.45) is 5.92 Å². The minimum absolute atomic E-state index is 0.0565. The number of carbonyl (C=O) groups is 2. The van der Waals surface area contributed by atoms with E-state index in [0.717, 1.165) is 25.2 Å². The van der Waals surface area contributed by atoms with E-state index in [2.05, 4.69) is 18.7 Å². The molecular weight excluding hydrogens is 472 g/mol. The first-order valence-electron chi connectivity index (χ1n) is 12.9. The highest BCUT2D eigenvalue weighted by Crippen LogP contribution is 2.40. The summed E-state index contributed by atoms with van der Waals surface area (Å²) in [6.07, 6.45) is 0.683. The maximum absolute atomic E-state index is 13.3. The van der Waals surface area contributed by atoms with E-state index < -0.39 is 17.7 Å². The molecule has 4 rings (SSSR count). The predicted molar refractivity (Wildman–Crippen MR) is 141 cm³/mol. The van der Waals surface area contributed by atoms with E-state index in [1.54, 1.807) is 24.3 Å². The number of likely N-dealkylation sites (tertiary alicyclic amines) is 1. The minimum Gasteiger partial charge on any atom is -0.508 e. The second-order valence-electron chi connectivity index (χ2n) is 10.1. The zero-order valence-electron chi connectivity index (χ0n) is 21.8. The van der Waals surface area contributed by atoms with Gasteiger partial charge in [-0.25, -0.2) is 0 Å². The predicted octanol–water partition coefficient (Wildman–Crippen LogP) is 3.88. The number of aromatic hydroxyl groups is 1. The van der Waals surface area contributed by atoms with Crippen LogP contribution in [0.2, 0.25) is 0 Å². The monoisotopic (exact) mass is 508 g/mol. The number of amides is 1. The van der Waals surface area contributed by atoms with Gasteiger partial charge in [-0.15, -0.1) is 0 Å². The lowest BCUT2D eigenvalue weighted by Crippen LogP contribution is -2.38. The van der Waals surface area contributed by atoms with Crippen LogP contribution in [0.25, 0.3) is 5.76 Å². The summed E-state index contributed by atoms with van der Waals surface area (Å²) in [5, 5.41) is 21.2. The van der Waals surface area contributed by atoms with Crippen molar-refractivity contribution in [3.05, 3.63) is 64.7 Å². The number of morpholine rings is 1. The number of aliphatic hydroxyl groups excluding tert-OH is 1. The maximum Gasteiger partial charge on any atom is 0.295 e. The van der Waals surface area contributed by atoms with Crippen molar-refractivity contribution in [3.63, 3.8) is 0 Å². The summed E-state index contributed by atoms with van der Waals surface area (Å²) < 4.78 is 11.2. The van der Waals surface area contributed by atoms with Crippen molar-refractivity contribution in [1.29, 1.82) is 0 Å². The van der Waals surface area contributed by atoms with Gasteiger partial charge in [0, 0.05) is 31.7 Å². The first kappa shape index (κ1) is 26.7. The molecule has 37 heavy (non-hydrogen) atoms. The number of aryl methyl sites for hydroxylation is 1.